The van der Waals surface area contributed by atoms with Gasteiger partial charge >= 0.3 is 0 Å². The van der Waals surface area contributed by atoms with Gasteiger partial charge in [-0.3, -0.25) is 4.98 Å². The molecule has 0 radical (unpaired) electrons. The van der Waals surface area contributed by atoms with Crippen molar-refractivity contribution < 1.29 is 14.6 Å². The van der Waals surface area contributed by atoms with E-state index in [2.05, 4.69) is 4.98 Å². The molecular weight excluding hydrogens is 242 g/mol. The zero-order chi connectivity index (χ0) is 13.2. The van der Waals surface area contributed by atoms with Gasteiger partial charge < -0.3 is 14.6 Å². The lowest BCUT2D eigenvalue weighted by Gasteiger charge is -2.20. The fourth-order valence-electron chi connectivity index (χ4n) is 2.04. The Morgan fingerprint density at radius 2 is 1.89 bits per heavy atom. The molecule has 98 valence electrons. The van der Waals surface area contributed by atoms with Crippen LogP contribution in [0.1, 0.15) is 22.9 Å². The minimum atomic E-state index is -0.753. The summed E-state index contributed by atoms with van der Waals surface area (Å²) in [5.41, 5.74) is 2.45. The summed E-state index contributed by atoms with van der Waals surface area (Å²) in [4.78, 5) is 4.24. The molecular formula is C15H15NO3. The van der Waals surface area contributed by atoms with Crippen LogP contribution in [0, 0.1) is 6.92 Å². The van der Waals surface area contributed by atoms with E-state index in [0.29, 0.717) is 24.7 Å². The molecule has 1 unspecified atom stereocenters. The zero-order valence-corrected chi connectivity index (χ0v) is 10.7. The van der Waals surface area contributed by atoms with Crippen molar-refractivity contribution in [3.05, 3.63) is 53.3 Å². The first-order chi connectivity index (χ1) is 9.24. The fraction of sp³-hybridized carbons (Fsp3) is 0.267. The highest BCUT2D eigenvalue weighted by atomic mass is 16.6. The molecule has 1 atom stereocenters. The van der Waals surface area contributed by atoms with E-state index in [9.17, 15) is 5.11 Å². The molecule has 2 heterocycles. The van der Waals surface area contributed by atoms with Gasteiger partial charge in [0, 0.05) is 6.20 Å². The number of benzene rings is 1. The van der Waals surface area contributed by atoms with E-state index in [1.165, 1.54) is 0 Å². The van der Waals surface area contributed by atoms with Crippen LogP contribution in [0.5, 0.6) is 11.5 Å². The third kappa shape index (κ3) is 2.39. The molecule has 0 aliphatic carbocycles. The van der Waals surface area contributed by atoms with E-state index in [0.717, 1.165) is 16.9 Å². The second kappa shape index (κ2) is 4.90. The largest absolute Gasteiger partial charge is 0.486 e. The first kappa shape index (κ1) is 12.0. The molecule has 2 aromatic rings. The number of aliphatic hydroxyl groups is 1. The van der Waals surface area contributed by atoms with E-state index in [4.69, 9.17) is 9.47 Å². The number of aryl methyl sites for hydroxylation is 1. The average Bonchev–Trinajstić information content (AvgIpc) is 2.47. The number of aromatic nitrogens is 1. The van der Waals surface area contributed by atoms with E-state index in [1.54, 1.807) is 12.3 Å². The highest BCUT2D eigenvalue weighted by Crippen LogP contribution is 2.33. The Kier molecular flexibility index (Phi) is 3.09. The number of hydrogen-bond acceptors (Lipinski definition) is 4. The van der Waals surface area contributed by atoms with Crippen LogP contribution >= 0.6 is 0 Å². The lowest BCUT2D eigenvalue weighted by Crippen LogP contribution is -2.15. The molecule has 0 amide bonds. The normalized spacial score (nSPS) is 15.1. The molecule has 0 spiro atoms. The van der Waals surface area contributed by atoms with Gasteiger partial charge in [-0.1, -0.05) is 12.1 Å². The predicted octanol–water partition coefficient (Wildman–Crippen LogP) is 2.24. The molecule has 4 nitrogen and oxygen atoms in total. The summed E-state index contributed by atoms with van der Waals surface area (Å²) in [7, 11) is 0. The monoisotopic (exact) mass is 257 g/mol. The smallest absolute Gasteiger partial charge is 0.161 e. The summed E-state index contributed by atoms with van der Waals surface area (Å²) >= 11 is 0. The van der Waals surface area contributed by atoms with Gasteiger partial charge in [0.1, 0.15) is 19.3 Å². The molecule has 1 aromatic carbocycles. The highest BCUT2D eigenvalue weighted by molar-refractivity contribution is 5.45. The Morgan fingerprint density at radius 1 is 1.11 bits per heavy atom. The summed E-state index contributed by atoms with van der Waals surface area (Å²) in [5.74, 6) is 1.40. The van der Waals surface area contributed by atoms with Gasteiger partial charge in [-0.15, -0.1) is 0 Å². The molecule has 1 N–H and O–H groups in total. The summed E-state index contributed by atoms with van der Waals surface area (Å²) < 4.78 is 11.0. The lowest BCUT2D eigenvalue weighted by molar-refractivity contribution is 0.169. The first-order valence-electron chi connectivity index (χ1n) is 6.24. The van der Waals surface area contributed by atoms with Gasteiger partial charge in [0.15, 0.2) is 11.5 Å². The topological polar surface area (TPSA) is 51.6 Å². The maximum absolute atomic E-state index is 10.3. The quantitative estimate of drug-likeness (QED) is 0.896. The standard InChI is InChI=1S/C15H15NO3/c1-10-2-4-12(16-9-10)15(17)11-3-5-13-14(8-11)19-7-6-18-13/h2-5,8-9,15,17H,6-7H2,1H3. The Hall–Kier alpha value is -2.07. The molecule has 3 rings (SSSR count). The van der Waals surface area contributed by atoms with Crippen molar-refractivity contribution in [2.24, 2.45) is 0 Å². The van der Waals surface area contributed by atoms with Gasteiger partial charge in [-0.2, -0.15) is 0 Å². The lowest BCUT2D eigenvalue weighted by atomic mass is 10.0. The molecule has 4 heteroatoms. The summed E-state index contributed by atoms with van der Waals surface area (Å²) in [6, 6.07) is 9.22. The van der Waals surface area contributed by atoms with Gasteiger partial charge in [0.25, 0.3) is 0 Å². The van der Waals surface area contributed by atoms with E-state index >= 15 is 0 Å². The molecule has 0 saturated heterocycles. The predicted molar refractivity (Wildman–Crippen MR) is 70.5 cm³/mol. The van der Waals surface area contributed by atoms with Crippen molar-refractivity contribution in [2.45, 2.75) is 13.0 Å². The van der Waals surface area contributed by atoms with E-state index < -0.39 is 6.10 Å². The van der Waals surface area contributed by atoms with E-state index in [-0.39, 0.29) is 0 Å². The Morgan fingerprint density at radius 3 is 2.63 bits per heavy atom. The maximum Gasteiger partial charge on any atom is 0.161 e. The SMILES string of the molecule is Cc1ccc(C(O)c2ccc3c(c2)OCCO3)nc1. The number of aliphatic hydroxyl groups excluding tert-OH is 1. The van der Waals surface area contributed by atoms with Crippen molar-refractivity contribution in [3.8, 4) is 11.5 Å². The van der Waals surface area contributed by atoms with Gasteiger partial charge in [-0.05, 0) is 36.2 Å². The summed E-state index contributed by atoms with van der Waals surface area (Å²) in [6.07, 6.45) is 0.993. The second-order valence-electron chi connectivity index (χ2n) is 4.57. The fourth-order valence-corrected chi connectivity index (χ4v) is 2.04. The number of nitrogens with zero attached hydrogens (tertiary/aromatic N) is 1. The molecule has 1 aliphatic rings. The third-order valence-corrected chi connectivity index (χ3v) is 3.10. The number of fused-ring (bicyclic) bond motifs is 1. The minimum absolute atomic E-state index is 0.537. The Labute approximate surface area is 111 Å². The Bertz CT molecular complexity index is 580. The number of ether oxygens (including phenoxy) is 2. The van der Waals surface area contributed by atoms with Gasteiger partial charge in [-0.25, -0.2) is 0 Å². The summed E-state index contributed by atoms with van der Waals surface area (Å²) in [6.45, 7) is 3.07. The number of hydrogen-bond donors (Lipinski definition) is 1. The van der Waals surface area contributed by atoms with Crippen molar-refractivity contribution in [3.63, 3.8) is 0 Å². The van der Waals surface area contributed by atoms with Crippen LogP contribution in [-0.2, 0) is 0 Å². The highest BCUT2D eigenvalue weighted by Gasteiger charge is 2.17. The van der Waals surface area contributed by atoms with Crippen molar-refractivity contribution in [2.75, 3.05) is 13.2 Å². The van der Waals surface area contributed by atoms with Crippen molar-refractivity contribution >= 4 is 0 Å². The van der Waals surface area contributed by atoms with Crippen LogP contribution < -0.4 is 9.47 Å². The summed E-state index contributed by atoms with van der Waals surface area (Å²) in [5, 5.41) is 10.3. The number of pyridine rings is 1. The molecule has 0 saturated carbocycles. The first-order valence-corrected chi connectivity index (χ1v) is 6.24. The Balaban J connectivity index is 1.91. The zero-order valence-electron chi connectivity index (χ0n) is 10.7. The van der Waals surface area contributed by atoms with E-state index in [1.807, 2.05) is 31.2 Å². The van der Waals surface area contributed by atoms with Crippen LogP contribution in [0.15, 0.2) is 36.5 Å². The van der Waals surface area contributed by atoms with Crippen LogP contribution in [0.25, 0.3) is 0 Å². The molecule has 0 bridgehead atoms. The van der Waals surface area contributed by atoms with Crippen molar-refractivity contribution in [1.29, 1.82) is 0 Å². The van der Waals surface area contributed by atoms with Crippen LogP contribution in [0.4, 0.5) is 0 Å². The molecule has 19 heavy (non-hydrogen) atoms. The van der Waals surface area contributed by atoms with Crippen LogP contribution in [0.2, 0.25) is 0 Å². The third-order valence-electron chi connectivity index (χ3n) is 3.10. The molecule has 1 aromatic heterocycles. The van der Waals surface area contributed by atoms with Gasteiger partial charge in [0.05, 0.1) is 5.69 Å². The maximum atomic E-state index is 10.3. The van der Waals surface area contributed by atoms with Gasteiger partial charge in [0.2, 0.25) is 0 Å². The van der Waals surface area contributed by atoms with Crippen molar-refractivity contribution in [1.82, 2.24) is 4.98 Å². The average molecular weight is 257 g/mol. The minimum Gasteiger partial charge on any atom is -0.486 e. The number of rotatable bonds is 2. The van der Waals surface area contributed by atoms with Crippen LogP contribution in [0.3, 0.4) is 0 Å². The second-order valence-corrected chi connectivity index (χ2v) is 4.57. The molecule has 0 fully saturated rings. The van der Waals surface area contributed by atoms with Crippen LogP contribution in [-0.4, -0.2) is 23.3 Å². The molecule has 1 aliphatic heterocycles.